The highest BCUT2D eigenvalue weighted by atomic mass is 32.1. The zero-order valence-corrected chi connectivity index (χ0v) is 14.5. The van der Waals surface area contributed by atoms with Crippen LogP contribution < -0.4 is 9.80 Å². The van der Waals surface area contributed by atoms with Crippen LogP contribution in [-0.4, -0.2) is 64.6 Å². The molecule has 2 aromatic heterocycles. The van der Waals surface area contributed by atoms with Gasteiger partial charge in [0.15, 0.2) is 0 Å². The van der Waals surface area contributed by atoms with Gasteiger partial charge in [0.2, 0.25) is 5.13 Å². The van der Waals surface area contributed by atoms with Crippen LogP contribution in [0.15, 0.2) is 24.4 Å². The minimum Gasteiger partial charge on any atom is -0.354 e. The fourth-order valence-corrected chi connectivity index (χ4v) is 4.33. The lowest BCUT2D eigenvalue weighted by Gasteiger charge is -2.48. The van der Waals surface area contributed by atoms with Gasteiger partial charge in [-0.25, -0.2) is 9.97 Å². The number of pyridine rings is 1. The molecule has 0 aromatic carbocycles. The molecule has 0 amide bonds. The molecule has 0 spiro atoms. The fraction of sp³-hybridized carbons (Fsp3) is 0.588. The second kappa shape index (κ2) is 5.97. The molecule has 5 rings (SSSR count). The van der Waals surface area contributed by atoms with E-state index in [1.165, 1.54) is 12.8 Å². The summed E-state index contributed by atoms with van der Waals surface area (Å²) in [6.07, 6.45) is 4.43. The Morgan fingerprint density at radius 2 is 1.83 bits per heavy atom. The first-order valence-corrected chi connectivity index (χ1v) is 9.63. The predicted molar refractivity (Wildman–Crippen MR) is 95.9 cm³/mol. The van der Waals surface area contributed by atoms with E-state index in [1.807, 2.05) is 12.3 Å². The van der Waals surface area contributed by atoms with E-state index in [0.717, 1.165) is 56.0 Å². The van der Waals surface area contributed by atoms with Gasteiger partial charge in [-0.2, -0.15) is 4.37 Å². The van der Waals surface area contributed by atoms with Crippen LogP contribution in [0, 0.1) is 0 Å². The Labute approximate surface area is 146 Å². The molecule has 126 valence electrons. The minimum absolute atomic E-state index is 0.659. The third-order valence-corrected chi connectivity index (χ3v) is 6.10. The lowest BCUT2D eigenvalue weighted by atomic mass is 10.1. The summed E-state index contributed by atoms with van der Waals surface area (Å²) < 4.78 is 4.52. The van der Waals surface area contributed by atoms with E-state index in [9.17, 15) is 0 Å². The Morgan fingerprint density at radius 1 is 1.00 bits per heavy atom. The highest BCUT2D eigenvalue weighted by Crippen LogP contribution is 2.40. The van der Waals surface area contributed by atoms with E-state index in [4.69, 9.17) is 4.98 Å². The molecule has 6 nitrogen and oxygen atoms in total. The van der Waals surface area contributed by atoms with Gasteiger partial charge >= 0.3 is 0 Å². The molecule has 4 heterocycles. The van der Waals surface area contributed by atoms with Crippen molar-refractivity contribution in [2.75, 3.05) is 49.1 Å². The van der Waals surface area contributed by atoms with Gasteiger partial charge in [0.1, 0.15) is 11.6 Å². The number of rotatable bonds is 4. The van der Waals surface area contributed by atoms with Crippen LogP contribution in [0.3, 0.4) is 0 Å². The van der Waals surface area contributed by atoms with E-state index in [1.54, 1.807) is 11.5 Å². The van der Waals surface area contributed by atoms with Crippen LogP contribution in [0.1, 0.15) is 24.6 Å². The summed E-state index contributed by atoms with van der Waals surface area (Å²) in [4.78, 5) is 16.6. The van der Waals surface area contributed by atoms with E-state index in [0.29, 0.717) is 12.0 Å². The maximum atomic E-state index is 4.72. The van der Waals surface area contributed by atoms with Crippen molar-refractivity contribution in [1.29, 1.82) is 0 Å². The molecule has 2 aliphatic heterocycles. The van der Waals surface area contributed by atoms with Gasteiger partial charge in [0.05, 0.1) is 0 Å². The lowest BCUT2D eigenvalue weighted by molar-refractivity contribution is 0.157. The number of anilines is 2. The van der Waals surface area contributed by atoms with Crippen molar-refractivity contribution in [3.63, 3.8) is 0 Å². The highest BCUT2D eigenvalue weighted by molar-refractivity contribution is 7.09. The Bertz CT molecular complexity index is 686. The van der Waals surface area contributed by atoms with Gasteiger partial charge in [0, 0.05) is 69.0 Å². The standard InChI is InChI=1S/C17H22N6S/c1-2-6-18-15(3-1)22-9-7-21(8-10-22)14-11-23(12-14)17-19-16(20-24-17)13-4-5-13/h1-3,6,13-14H,4-5,7-12H2. The Hall–Kier alpha value is -1.73. The summed E-state index contributed by atoms with van der Waals surface area (Å²) in [7, 11) is 0. The maximum Gasteiger partial charge on any atom is 0.205 e. The molecule has 24 heavy (non-hydrogen) atoms. The number of hydrogen-bond acceptors (Lipinski definition) is 7. The molecular weight excluding hydrogens is 320 g/mol. The first-order chi connectivity index (χ1) is 11.9. The molecule has 2 aromatic rings. The van der Waals surface area contributed by atoms with Crippen molar-refractivity contribution in [3.05, 3.63) is 30.2 Å². The fourth-order valence-electron chi connectivity index (χ4n) is 3.56. The first-order valence-electron chi connectivity index (χ1n) is 8.85. The van der Waals surface area contributed by atoms with Crippen molar-refractivity contribution < 1.29 is 0 Å². The molecule has 0 atom stereocenters. The molecule has 0 N–H and O–H groups in total. The van der Waals surface area contributed by atoms with Gasteiger partial charge < -0.3 is 9.80 Å². The smallest absolute Gasteiger partial charge is 0.205 e. The van der Waals surface area contributed by atoms with Gasteiger partial charge in [-0.1, -0.05) is 6.07 Å². The van der Waals surface area contributed by atoms with E-state index >= 15 is 0 Å². The molecule has 3 aliphatic rings. The molecule has 3 fully saturated rings. The summed E-state index contributed by atoms with van der Waals surface area (Å²) in [5, 5.41) is 1.13. The molecular formula is C17H22N6S. The average molecular weight is 342 g/mol. The number of nitrogens with zero attached hydrogens (tertiary/aromatic N) is 6. The van der Waals surface area contributed by atoms with Crippen LogP contribution in [0.5, 0.6) is 0 Å². The molecule has 7 heteroatoms. The van der Waals surface area contributed by atoms with Crippen molar-refractivity contribution in [3.8, 4) is 0 Å². The van der Waals surface area contributed by atoms with Crippen molar-refractivity contribution in [1.82, 2.24) is 19.2 Å². The van der Waals surface area contributed by atoms with Crippen LogP contribution in [0.2, 0.25) is 0 Å². The molecule has 1 aliphatic carbocycles. The number of hydrogen-bond donors (Lipinski definition) is 0. The van der Waals surface area contributed by atoms with Gasteiger partial charge in [-0.05, 0) is 25.0 Å². The van der Waals surface area contributed by atoms with Crippen molar-refractivity contribution >= 4 is 22.5 Å². The predicted octanol–water partition coefficient (Wildman–Crippen LogP) is 1.82. The molecule has 2 saturated heterocycles. The second-order valence-electron chi connectivity index (χ2n) is 6.98. The quantitative estimate of drug-likeness (QED) is 0.845. The third-order valence-electron chi connectivity index (χ3n) is 5.31. The van der Waals surface area contributed by atoms with Gasteiger partial charge in [-0.3, -0.25) is 4.90 Å². The molecule has 0 bridgehead atoms. The largest absolute Gasteiger partial charge is 0.354 e. The maximum absolute atomic E-state index is 4.72. The highest BCUT2D eigenvalue weighted by Gasteiger charge is 2.36. The SMILES string of the molecule is c1ccc(N2CCN(C3CN(c4nc(C5CC5)ns4)C3)CC2)nc1. The molecule has 0 radical (unpaired) electrons. The Kier molecular flexibility index (Phi) is 3.63. The van der Waals surface area contributed by atoms with Crippen molar-refractivity contribution in [2.45, 2.75) is 24.8 Å². The first kappa shape index (κ1) is 14.6. The van der Waals surface area contributed by atoms with Crippen LogP contribution in [-0.2, 0) is 0 Å². The lowest BCUT2D eigenvalue weighted by Crippen LogP contribution is -2.63. The third kappa shape index (κ3) is 2.75. The average Bonchev–Trinajstić information content (AvgIpc) is 3.34. The van der Waals surface area contributed by atoms with Crippen molar-refractivity contribution in [2.24, 2.45) is 0 Å². The summed E-state index contributed by atoms with van der Waals surface area (Å²) >= 11 is 1.58. The van der Waals surface area contributed by atoms with Gasteiger partial charge in [-0.15, -0.1) is 0 Å². The normalized spacial score (nSPS) is 22.7. The topological polar surface area (TPSA) is 48.4 Å². The zero-order chi connectivity index (χ0) is 15.9. The van der Waals surface area contributed by atoms with Crippen LogP contribution >= 0.6 is 11.5 Å². The monoisotopic (exact) mass is 342 g/mol. The minimum atomic E-state index is 0.659. The summed E-state index contributed by atoms with van der Waals surface area (Å²) in [6, 6.07) is 6.82. The van der Waals surface area contributed by atoms with E-state index < -0.39 is 0 Å². The Balaban J connectivity index is 1.13. The van der Waals surface area contributed by atoms with E-state index in [-0.39, 0.29) is 0 Å². The van der Waals surface area contributed by atoms with E-state index in [2.05, 4.69) is 36.2 Å². The number of aromatic nitrogens is 3. The number of piperazine rings is 1. The Morgan fingerprint density at radius 3 is 2.54 bits per heavy atom. The summed E-state index contributed by atoms with van der Waals surface area (Å²) in [5.41, 5.74) is 0. The van der Waals surface area contributed by atoms with Crippen LogP contribution in [0.25, 0.3) is 0 Å². The second-order valence-corrected chi connectivity index (χ2v) is 7.71. The molecule has 1 saturated carbocycles. The summed E-state index contributed by atoms with van der Waals surface area (Å²) in [5.74, 6) is 2.85. The summed E-state index contributed by atoms with van der Waals surface area (Å²) in [6.45, 7) is 6.58. The molecule has 0 unspecified atom stereocenters. The van der Waals surface area contributed by atoms with Crippen LogP contribution in [0.4, 0.5) is 10.9 Å². The van der Waals surface area contributed by atoms with Gasteiger partial charge in [0.25, 0.3) is 0 Å². The zero-order valence-electron chi connectivity index (χ0n) is 13.7.